The number of carboxylic acid groups (broad SMARTS) is 1. The zero-order chi connectivity index (χ0) is 15.8. The largest absolute Gasteiger partial charge is 0.545 e. The van der Waals surface area contributed by atoms with Crippen LogP contribution in [0.15, 0.2) is 42.7 Å². The van der Waals surface area contributed by atoms with Gasteiger partial charge in [0.1, 0.15) is 5.75 Å². The fraction of sp³-hybridized carbons (Fsp3) is 0.294. The average molecular weight is 299 g/mol. The first-order chi connectivity index (χ1) is 10.7. The van der Waals surface area contributed by atoms with Crippen molar-refractivity contribution in [2.45, 2.75) is 26.2 Å². The number of aromatic nitrogens is 1. The van der Waals surface area contributed by atoms with Crippen molar-refractivity contribution in [3.63, 3.8) is 0 Å². The molecule has 22 heavy (non-hydrogen) atoms. The normalized spacial score (nSPS) is 10.2. The molecule has 0 saturated carbocycles. The predicted molar refractivity (Wildman–Crippen MR) is 83.3 cm³/mol. The van der Waals surface area contributed by atoms with Gasteiger partial charge in [-0.15, -0.1) is 0 Å². The maximum atomic E-state index is 11.0. The van der Waals surface area contributed by atoms with Crippen LogP contribution in [-0.2, 0) is 0 Å². The molecule has 0 atom stereocenters. The van der Waals surface area contributed by atoms with Crippen molar-refractivity contribution in [2.24, 2.45) is 0 Å². The molecule has 0 unspecified atom stereocenters. The highest BCUT2D eigenvalue weighted by atomic mass is 16.5. The number of ether oxygens (including phenoxy) is 1. The van der Waals surface area contributed by atoms with Crippen LogP contribution in [0.4, 0.5) is 11.4 Å². The Hall–Kier alpha value is -2.56. The molecule has 116 valence electrons. The van der Waals surface area contributed by atoms with E-state index in [1.807, 2.05) is 24.3 Å². The van der Waals surface area contributed by atoms with E-state index in [-0.39, 0.29) is 5.56 Å². The van der Waals surface area contributed by atoms with E-state index in [1.165, 1.54) is 18.8 Å². The van der Waals surface area contributed by atoms with Crippen molar-refractivity contribution in [3.05, 3.63) is 48.3 Å². The van der Waals surface area contributed by atoms with Crippen LogP contribution in [0.5, 0.6) is 5.75 Å². The number of unbranched alkanes of at least 4 members (excludes halogenated alkanes) is 2. The molecule has 0 radical (unpaired) electrons. The maximum Gasteiger partial charge on any atom is 0.119 e. The van der Waals surface area contributed by atoms with Crippen LogP contribution < -0.4 is 15.2 Å². The van der Waals surface area contributed by atoms with Crippen LogP contribution in [0, 0.1) is 0 Å². The number of carbonyl (C=O) groups excluding carboxylic acids is 1. The Labute approximate surface area is 130 Å². The molecule has 0 aliphatic heterocycles. The molecule has 2 aromatic rings. The van der Waals surface area contributed by atoms with Gasteiger partial charge < -0.3 is 20.0 Å². The van der Waals surface area contributed by atoms with Gasteiger partial charge in [-0.05, 0) is 36.8 Å². The third-order valence-electron chi connectivity index (χ3n) is 3.19. The number of carbonyl (C=O) groups is 1. The second kappa shape index (κ2) is 8.02. The molecular weight excluding hydrogens is 280 g/mol. The highest BCUT2D eigenvalue weighted by Crippen LogP contribution is 2.22. The van der Waals surface area contributed by atoms with Gasteiger partial charge in [0.2, 0.25) is 0 Å². The summed E-state index contributed by atoms with van der Waals surface area (Å²) in [5.74, 6) is -0.456. The van der Waals surface area contributed by atoms with Gasteiger partial charge in [0.25, 0.3) is 0 Å². The van der Waals surface area contributed by atoms with Gasteiger partial charge in [0.15, 0.2) is 0 Å². The van der Waals surface area contributed by atoms with E-state index >= 15 is 0 Å². The van der Waals surface area contributed by atoms with Gasteiger partial charge in [-0.25, -0.2) is 0 Å². The summed E-state index contributed by atoms with van der Waals surface area (Å²) in [6.07, 6.45) is 6.16. The lowest BCUT2D eigenvalue weighted by Gasteiger charge is -2.12. The van der Waals surface area contributed by atoms with Crippen molar-refractivity contribution in [1.29, 1.82) is 0 Å². The molecule has 1 heterocycles. The molecule has 1 aromatic carbocycles. The minimum absolute atomic E-state index is 0.0300. The Morgan fingerprint density at radius 1 is 1.23 bits per heavy atom. The summed E-state index contributed by atoms with van der Waals surface area (Å²) in [5, 5.41) is 14.1. The number of carboxylic acids is 1. The Kier molecular flexibility index (Phi) is 5.77. The van der Waals surface area contributed by atoms with Gasteiger partial charge in [-0.3, -0.25) is 4.98 Å². The molecule has 1 aromatic heterocycles. The van der Waals surface area contributed by atoms with Gasteiger partial charge in [0.05, 0.1) is 18.3 Å². The Morgan fingerprint density at radius 2 is 2.00 bits per heavy atom. The molecule has 5 heteroatoms. The van der Waals surface area contributed by atoms with Crippen molar-refractivity contribution in [3.8, 4) is 5.75 Å². The van der Waals surface area contributed by atoms with Crippen LogP contribution in [-0.4, -0.2) is 17.6 Å². The summed E-state index contributed by atoms with van der Waals surface area (Å²) >= 11 is 0. The monoisotopic (exact) mass is 299 g/mol. The Morgan fingerprint density at radius 3 is 2.68 bits per heavy atom. The van der Waals surface area contributed by atoms with Gasteiger partial charge in [-0.1, -0.05) is 19.8 Å². The summed E-state index contributed by atoms with van der Waals surface area (Å²) in [6, 6.07) is 8.99. The number of aromatic carboxylic acids is 1. The molecule has 1 N–H and O–H groups in total. The molecule has 0 aliphatic carbocycles. The van der Waals surface area contributed by atoms with E-state index in [2.05, 4.69) is 17.2 Å². The van der Waals surface area contributed by atoms with Gasteiger partial charge >= 0.3 is 0 Å². The van der Waals surface area contributed by atoms with Crippen molar-refractivity contribution >= 4 is 17.3 Å². The highest BCUT2D eigenvalue weighted by molar-refractivity contribution is 5.93. The minimum atomic E-state index is -1.26. The molecule has 0 fully saturated rings. The van der Waals surface area contributed by atoms with Crippen molar-refractivity contribution in [2.75, 3.05) is 11.9 Å². The number of hydrogen-bond acceptors (Lipinski definition) is 5. The molecule has 0 spiro atoms. The number of nitrogens with zero attached hydrogens (tertiary/aromatic N) is 1. The van der Waals surface area contributed by atoms with E-state index in [0.29, 0.717) is 12.3 Å². The zero-order valence-corrected chi connectivity index (χ0v) is 12.5. The first-order valence-corrected chi connectivity index (χ1v) is 7.36. The molecule has 0 saturated heterocycles. The molecule has 0 amide bonds. The van der Waals surface area contributed by atoms with E-state index in [9.17, 15) is 9.90 Å². The molecule has 0 aliphatic rings. The predicted octanol–water partition coefficient (Wildman–Crippen LogP) is 2.76. The number of rotatable bonds is 8. The van der Waals surface area contributed by atoms with Crippen LogP contribution in [0.3, 0.4) is 0 Å². The van der Waals surface area contributed by atoms with Gasteiger partial charge in [0, 0.05) is 23.6 Å². The lowest BCUT2D eigenvalue weighted by atomic mass is 10.2. The van der Waals surface area contributed by atoms with Crippen LogP contribution in [0.25, 0.3) is 0 Å². The summed E-state index contributed by atoms with van der Waals surface area (Å²) in [4.78, 5) is 14.8. The Balaban J connectivity index is 1.98. The van der Waals surface area contributed by atoms with E-state index in [0.717, 1.165) is 24.3 Å². The van der Waals surface area contributed by atoms with Crippen LogP contribution in [0.2, 0.25) is 0 Å². The summed E-state index contributed by atoms with van der Waals surface area (Å²) in [7, 11) is 0. The number of anilines is 2. The number of benzene rings is 1. The maximum absolute atomic E-state index is 11.0. The quantitative estimate of drug-likeness (QED) is 0.759. The first-order valence-electron chi connectivity index (χ1n) is 7.36. The second-order valence-electron chi connectivity index (χ2n) is 4.91. The second-order valence-corrected chi connectivity index (χ2v) is 4.91. The first kappa shape index (κ1) is 15.8. The number of nitrogens with one attached hydrogen (secondary N) is 1. The smallest absolute Gasteiger partial charge is 0.119 e. The lowest BCUT2D eigenvalue weighted by Crippen LogP contribution is -2.23. The third kappa shape index (κ3) is 4.48. The fourth-order valence-corrected chi connectivity index (χ4v) is 2.00. The van der Waals surface area contributed by atoms with Crippen LogP contribution in [0.1, 0.15) is 36.5 Å². The average Bonchev–Trinajstić information content (AvgIpc) is 2.53. The zero-order valence-electron chi connectivity index (χ0n) is 12.5. The minimum Gasteiger partial charge on any atom is -0.545 e. The van der Waals surface area contributed by atoms with E-state index < -0.39 is 5.97 Å². The van der Waals surface area contributed by atoms with Crippen molar-refractivity contribution in [1.82, 2.24) is 4.98 Å². The third-order valence-corrected chi connectivity index (χ3v) is 3.19. The summed E-state index contributed by atoms with van der Waals surface area (Å²) in [6.45, 7) is 2.86. The van der Waals surface area contributed by atoms with E-state index in [4.69, 9.17) is 4.74 Å². The van der Waals surface area contributed by atoms with Crippen molar-refractivity contribution < 1.29 is 14.6 Å². The lowest BCUT2D eigenvalue weighted by molar-refractivity contribution is -0.254. The van der Waals surface area contributed by atoms with E-state index in [1.54, 1.807) is 6.07 Å². The van der Waals surface area contributed by atoms with Crippen LogP contribution >= 0.6 is 0 Å². The van der Waals surface area contributed by atoms with Gasteiger partial charge in [-0.2, -0.15) is 0 Å². The summed E-state index contributed by atoms with van der Waals surface area (Å²) in [5.41, 5.74) is 1.25. The fourth-order valence-electron chi connectivity index (χ4n) is 2.00. The standard InChI is InChI=1S/C17H20N2O3/c1-2-3-4-11-22-14-7-5-13(6-8-14)19-16-9-10-18-12-15(16)17(20)21/h5-10,12H,2-4,11H2,1H3,(H,18,19)(H,20,21)/p-1. The molecule has 0 bridgehead atoms. The molecule has 5 nitrogen and oxygen atoms in total. The Bertz CT molecular complexity index is 612. The highest BCUT2D eigenvalue weighted by Gasteiger charge is 2.04. The molecule has 2 rings (SSSR count). The molecular formula is C17H19N2O3-. The topological polar surface area (TPSA) is 74.3 Å². The number of pyridine rings is 1. The number of hydrogen-bond donors (Lipinski definition) is 1. The SMILES string of the molecule is CCCCCOc1ccc(Nc2ccncc2C(=O)[O-])cc1. The summed E-state index contributed by atoms with van der Waals surface area (Å²) < 4.78 is 5.63.